The predicted octanol–water partition coefficient (Wildman–Crippen LogP) is 4.64. The van der Waals surface area contributed by atoms with E-state index >= 15 is 0 Å². The Morgan fingerprint density at radius 3 is 2.61 bits per heavy atom. The molecule has 3 rings (SSSR count). The van der Waals surface area contributed by atoms with E-state index < -0.39 is 0 Å². The molecule has 0 unspecified atom stereocenters. The van der Waals surface area contributed by atoms with Gasteiger partial charge in [0.2, 0.25) is 5.95 Å². The monoisotopic (exact) mass is 308 g/mol. The predicted molar refractivity (Wildman–Crippen MR) is 96.8 cm³/mol. The third kappa shape index (κ3) is 3.21. The third-order valence-corrected chi connectivity index (χ3v) is 4.13. The Kier molecular flexibility index (Phi) is 4.60. The third-order valence-electron chi connectivity index (χ3n) is 4.13. The van der Waals surface area contributed by atoms with Gasteiger partial charge in [0.05, 0.1) is 0 Å². The Balaban J connectivity index is 2.01. The molecule has 3 aromatic rings. The van der Waals surface area contributed by atoms with Crippen LogP contribution < -0.4 is 5.32 Å². The Bertz CT molecular complexity index is 787. The highest BCUT2D eigenvalue weighted by Gasteiger charge is 2.12. The van der Waals surface area contributed by atoms with E-state index in [-0.39, 0.29) is 0 Å². The number of hydrogen-bond acceptors (Lipinski definition) is 3. The summed E-state index contributed by atoms with van der Waals surface area (Å²) in [6.07, 6.45) is 6.42. The Morgan fingerprint density at radius 2 is 1.91 bits per heavy atom. The molecule has 1 N–H and O–H groups in total. The van der Waals surface area contributed by atoms with E-state index in [4.69, 9.17) is 4.98 Å². The SMILES string of the molecule is CCCCNc1ncc2c(-c3ccc(C)cc3)cn(CC)c2n1. The first-order valence-corrected chi connectivity index (χ1v) is 8.39. The zero-order valence-electron chi connectivity index (χ0n) is 14.1. The van der Waals surface area contributed by atoms with E-state index in [1.165, 1.54) is 16.7 Å². The summed E-state index contributed by atoms with van der Waals surface area (Å²) in [6.45, 7) is 8.25. The highest BCUT2D eigenvalue weighted by atomic mass is 15.1. The number of rotatable bonds is 6. The van der Waals surface area contributed by atoms with Crippen molar-refractivity contribution in [2.45, 2.75) is 40.2 Å². The van der Waals surface area contributed by atoms with Gasteiger partial charge in [-0.1, -0.05) is 43.2 Å². The first kappa shape index (κ1) is 15.5. The molecule has 0 spiro atoms. The van der Waals surface area contributed by atoms with Gasteiger partial charge in [-0.25, -0.2) is 4.98 Å². The molecule has 0 amide bonds. The summed E-state index contributed by atoms with van der Waals surface area (Å²) in [5.41, 5.74) is 4.67. The maximum absolute atomic E-state index is 4.72. The van der Waals surface area contributed by atoms with Crippen molar-refractivity contribution in [3.05, 3.63) is 42.2 Å². The van der Waals surface area contributed by atoms with Crippen LogP contribution in [0, 0.1) is 6.92 Å². The molecule has 2 heterocycles. The zero-order chi connectivity index (χ0) is 16.2. The van der Waals surface area contributed by atoms with Crippen molar-refractivity contribution >= 4 is 17.0 Å². The van der Waals surface area contributed by atoms with Crippen LogP contribution in [0.25, 0.3) is 22.2 Å². The van der Waals surface area contributed by atoms with Crippen molar-refractivity contribution in [3.63, 3.8) is 0 Å². The van der Waals surface area contributed by atoms with Gasteiger partial charge in [0, 0.05) is 36.4 Å². The highest BCUT2D eigenvalue weighted by molar-refractivity contribution is 5.94. The molecule has 0 aliphatic rings. The van der Waals surface area contributed by atoms with Gasteiger partial charge < -0.3 is 9.88 Å². The lowest BCUT2D eigenvalue weighted by molar-refractivity contribution is 0.785. The van der Waals surface area contributed by atoms with E-state index in [1.54, 1.807) is 0 Å². The molecule has 0 aliphatic carbocycles. The number of aromatic nitrogens is 3. The van der Waals surface area contributed by atoms with Crippen molar-refractivity contribution < 1.29 is 0 Å². The quantitative estimate of drug-likeness (QED) is 0.675. The first-order chi connectivity index (χ1) is 11.2. The maximum atomic E-state index is 4.72. The van der Waals surface area contributed by atoms with E-state index in [0.717, 1.165) is 37.0 Å². The summed E-state index contributed by atoms with van der Waals surface area (Å²) >= 11 is 0. The van der Waals surface area contributed by atoms with Gasteiger partial charge >= 0.3 is 0 Å². The number of nitrogens with one attached hydrogen (secondary N) is 1. The van der Waals surface area contributed by atoms with Gasteiger partial charge in [0.1, 0.15) is 5.65 Å². The van der Waals surface area contributed by atoms with Crippen LogP contribution >= 0.6 is 0 Å². The molecule has 23 heavy (non-hydrogen) atoms. The zero-order valence-corrected chi connectivity index (χ0v) is 14.1. The van der Waals surface area contributed by atoms with Crippen molar-refractivity contribution in [1.29, 1.82) is 0 Å². The number of hydrogen-bond donors (Lipinski definition) is 1. The molecule has 120 valence electrons. The standard InChI is InChI=1S/C19H24N4/c1-4-6-11-20-19-21-12-16-17(13-23(5-2)18(16)22-19)15-9-7-14(3)8-10-15/h7-10,12-13H,4-6,11H2,1-3H3,(H,20,21,22). The fourth-order valence-electron chi connectivity index (χ4n) is 2.73. The topological polar surface area (TPSA) is 42.7 Å². The average molecular weight is 308 g/mol. The number of unbranched alkanes of at least 4 members (excludes halogenated alkanes) is 1. The van der Waals surface area contributed by atoms with Crippen LogP contribution in [0.5, 0.6) is 0 Å². The molecule has 0 saturated carbocycles. The minimum absolute atomic E-state index is 0.717. The van der Waals surface area contributed by atoms with Crippen LogP contribution in [-0.2, 0) is 6.54 Å². The van der Waals surface area contributed by atoms with Crippen LogP contribution in [0.3, 0.4) is 0 Å². The second kappa shape index (κ2) is 6.82. The van der Waals surface area contributed by atoms with Gasteiger partial charge in [0.25, 0.3) is 0 Å². The molecule has 1 aromatic carbocycles. The van der Waals surface area contributed by atoms with Crippen LogP contribution in [-0.4, -0.2) is 21.1 Å². The van der Waals surface area contributed by atoms with Gasteiger partial charge in [-0.15, -0.1) is 0 Å². The Labute approximate surface area is 137 Å². The van der Waals surface area contributed by atoms with Crippen LogP contribution in [0.15, 0.2) is 36.7 Å². The summed E-state index contributed by atoms with van der Waals surface area (Å²) in [4.78, 5) is 9.22. The normalized spacial score (nSPS) is 11.1. The molecule has 0 aliphatic heterocycles. The largest absolute Gasteiger partial charge is 0.354 e. The fourth-order valence-corrected chi connectivity index (χ4v) is 2.73. The lowest BCUT2D eigenvalue weighted by atomic mass is 10.1. The average Bonchev–Trinajstić information content (AvgIpc) is 2.94. The fraction of sp³-hybridized carbons (Fsp3) is 0.368. The number of aryl methyl sites for hydroxylation is 2. The summed E-state index contributed by atoms with van der Waals surface area (Å²) in [5, 5.41) is 4.42. The van der Waals surface area contributed by atoms with E-state index in [1.807, 2.05) is 6.20 Å². The molecular weight excluding hydrogens is 284 g/mol. The Morgan fingerprint density at radius 1 is 1.13 bits per heavy atom. The second-order valence-electron chi connectivity index (χ2n) is 5.91. The minimum atomic E-state index is 0.717. The van der Waals surface area contributed by atoms with E-state index in [9.17, 15) is 0 Å². The van der Waals surface area contributed by atoms with Crippen LogP contribution in [0.2, 0.25) is 0 Å². The van der Waals surface area contributed by atoms with Gasteiger partial charge in [-0.05, 0) is 25.8 Å². The molecule has 0 bridgehead atoms. The number of anilines is 1. The second-order valence-corrected chi connectivity index (χ2v) is 5.91. The molecule has 0 saturated heterocycles. The molecule has 2 aromatic heterocycles. The van der Waals surface area contributed by atoms with Gasteiger partial charge in [-0.3, -0.25) is 0 Å². The van der Waals surface area contributed by atoms with E-state index in [0.29, 0.717) is 5.95 Å². The highest BCUT2D eigenvalue weighted by Crippen LogP contribution is 2.30. The summed E-state index contributed by atoms with van der Waals surface area (Å²) in [5.74, 6) is 0.717. The van der Waals surface area contributed by atoms with Crippen molar-refractivity contribution in [2.24, 2.45) is 0 Å². The first-order valence-electron chi connectivity index (χ1n) is 8.39. The lowest BCUT2D eigenvalue weighted by Gasteiger charge is -2.05. The Hall–Kier alpha value is -2.36. The van der Waals surface area contributed by atoms with Crippen molar-refractivity contribution in [1.82, 2.24) is 14.5 Å². The number of fused-ring (bicyclic) bond motifs is 1. The molecule has 0 atom stereocenters. The smallest absolute Gasteiger partial charge is 0.224 e. The van der Waals surface area contributed by atoms with Crippen molar-refractivity contribution in [3.8, 4) is 11.1 Å². The van der Waals surface area contributed by atoms with Crippen molar-refractivity contribution in [2.75, 3.05) is 11.9 Å². The van der Waals surface area contributed by atoms with E-state index in [2.05, 4.69) is 66.1 Å². The number of nitrogens with zero attached hydrogens (tertiary/aromatic N) is 3. The minimum Gasteiger partial charge on any atom is -0.354 e. The molecule has 0 fully saturated rings. The summed E-state index contributed by atoms with van der Waals surface area (Å²) in [7, 11) is 0. The van der Waals surface area contributed by atoms with Crippen LogP contribution in [0.1, 0.15) is 32.3 Å². The maximum Gasteiger partial charge on any atom is 0.224 e. The molecule has 4 nitrogen and oxygen atoms in total. The summed E-state index contributed by atoms with van der Waals surface area (Å²) < 4.78 is 2.19. The molecule has 4 heteroatoms. The van der Waals surface area contributed by atoms with Gasteiger partial charge in [0.15, 0.2) is 0 Å². The molecular formula is C19H24N4. The number of benzene rings is 1. The molecule has 0 radical (unpaired) electrons. The lowest BCUT2D eigenvalue weighted by Crippen LogP contribution is -2.05. The van der Waals surface area contributed by atoms with Crippen LogP contribution in [0.4, 0.5) is 5.95 Å². The van der Waals surface area contributed by atoms with Gasteiger partial charge in [-0.2, -0.15) is 4.98 Å². The summed E-state index contributed by atoms with van der Waals surface area (Å²) in [6, 6.07) is 8.62.